The van der Waals surface area contributed by atoms with Crippen LogP contribution in [0.2, 0.25) is 0 Å². The van der Waals surface area contributed by atoms with Crippen LogP contribution in [0.15, 0.2) is 18.2 Å². The third kappa shape index (κ3) is 2.57. The number of aryl methyl sites for hydroxylation is 2. The molecule has 0 saturated carbocycles. The number of allylic oxidation sites excluding steroid dienone is 1. The van der Waals surface area contributed by atoms with Crippen LogP contribution < -0.4 is 4.90 Å². The molecule has 1 heterocycles. The summed E-state index contributed by atoms with van der Waals surface area (Å²) < 4.78 is 0. The van der Waals surface area contributed by atoms with Crippen molar-refractivity contribution < 1.29 is 9.90 Å². The maximum Gasteiger partial charge on any atom is 0.326 e. The SMILES string of the molecule is CC[C@H](C(=O)O)N1c2cc(C)c(C)cc2C(C)=CC1(C)C. The number of aliphatic carboxylic acids is 1. The van der Waals surface area contributed by atoms with Gasteiger partial charge in [0.15, 0.2) is 0 Å². The first-order chi connectivity index (χ1) is 9.69. The van der Waals surface area contributed by atoms with E-state index in [0.29, 0.717) is 6.42 Å². The quantitative estimate of drug-likeness (QED) is 0.907. The molecule has 3 heteroatoms. The van der Waals surface area contributed by atoms with Crippen molar-refractivity contribution in [2.24, 2.45) is 0 Å². The van der Waals surface area contributed by atoms with Crippen molar-refractivity contribution in [3.8, 4) is 0 Å². The van der Waals surface area contributed by atoms with E-state index in [1.54, 1.807) is 0 Å². The minimum Gasteiger partial charge on any atom is -0.480 e. The van der Waals surface area contributed by atoms with Gasteiger partial charge in [0, 0.05) is 11.3 Å². The van der Waals surface area contributed by atoms with E-state index in [0.717, 1.165) is 11.3 Å². The number of benzene rings is 1. The number of carboxylic acids is 1. The monoisotopic (exact) mass is 287 g/mol. The molecule has 114 valence electrons. The number of hydrogen-bond donors (Lipinski definition) is 1. The van der Waals surface area contributed by atoms with Gasteiger partial charge in [-0.15, -0.1) is 0 Å². The number of anilines is 1. The maximum absolute atomic E-state index is 11.7. The van der Waals surface area contributed by atoms with Crippen molar-refractivity contribution in [2.75, 3.05) is 4.90 Å². The fourth-order valence-electron chi connectivity index (χ4n) is 3.34. The smallest absolute Gasteiger partial charge is 0.326 e. The Morgan fingerprint density at radius 1 is 1.24 bits per heavy atom. The zero-order chi connectivity index (χ0) is 15.9. The van der Waals surface area contributed by atoms with Crippen LogP contribution in [-0.2, 0) is 4.79 Å². The molecule has 0 unspecified atom stereocenters. The second kappa shape index (κ2) is 5.21. The standard InChI is InChI=1S/C18H25NO2/c1-7-15(17(20)21)19-16-9-12(3)11(2)8-14(16)13(4)10-18(19,5)6/h8-10,15H,7H2,1-6H3,(H,20,21)/t15-/m1/s1. The number of carbonyl (C=O) groups is 1. The molecule has 3 nitrogen and oxygen atoms in total. The highest BCUT2D eigenvalue weighted by Crippen LogP contribution is 2.41. The van der Waals surface area contributed by atoms with Crippen molar-refractivity contribution in [1.82, 2.24) is 0 Å². The van der Waals surface area contributed by atoms with Crippen LogP contribution in [0.3, 0.4) is 0 Å². The first-order valence-corrected chi connectivity index (χ1v) is 7.52. The van der Waals surface area contributed by atoms with Crippen LogP contribution in [0.25, 0.3) is 5.57 Å². The van der Waals surface area contributed by atoms with Gasteiger partial charge in [-0.3, -0.25) is 0 Å². The molecule has 1 N–H and O–H groups in total. The number of hydrogen-bond acceptors (Lipinski definition) is 2. The summed E-state index contributed by atoms with van der Waals surface area (Å²) in [5, 5.41) is 9.61. The van der Waals surface area contributed by atoms with Gasteiger partial charge in [-0.05, 0) is 69.9 Å². The predicted octanol–water partition coefficient (Wildman–Crippen LogP) is 4.17. The van der Waals surface area contributed by atoms with Gasteiger partial charge in [-0.1, -0.05) is 13.0 Å². The molecule has 1 aliphatic heterocycles. The Labute approximate surface area is 127 Å². The van der Waals surface area contributed by atoms with Gasteiger partial charge in [0.2, 0.25) is 0 Å². The first-order valence-electron chi connectivity index (χ1n) is 7.52. The van der Waals surface area contributed by atoms with Crippen molar-refractivity contribution >= 4 is 17.2 Å². The average molecular weight is 287 g/mol. The first kappa shape index (κ1) is 15.6. The molecule has 0 spiro atoms. The average Bonchev–Trinajstić information content (AvgIpc) is 2.36. The lowest BCUT2D eigenvalue weighted by molar-refractivity contribution is -0.139. The summed E-state index contributed by atoms with van der Waals surface area (Å²) in [5.41, 5.74) is 5.54. The second-order valence-electron chi connectivity index (χ2n) is 6.57. The molecule has 0 saturated heterocycles. The predicted molar refractivity (Wildman–Crippen MR) is 87.8 cm³/mol. The number of rotatable bonds is 3. The molecular weight excluding hydrogens is 262 g/mol. The van der Waals surface area contributed by atoms with E-state index in [1.807, 2.05) is 6.92 Å². The van der Waals surface area contributed by atoms with E-state index in [1.165, 1.54) is 16.7 Å². The van der Waals surface area contributed by atoms with Gasteiger partial charge >= 0.3 is 5.97 Å². The van der Waals surface area contributed by atoms with Gasteiger partial charge in [-0.25, -0.2) is 4.79 Å². The molecule has 21 heavy (non-hydrogen) atoms. The van der Waals surface area contributed by atoms with Crippen LogP contribution in [-0.4, -0.2) is 22.7 Å². The van der Waals surface area contributed by atoms with Gasteiger partial charge in [0.25, 0.3) is 0 Å². The molecule has 0 bridgehead atoms. The molecular formula is C18H25NO2. The fourth-order valence-corrected chi connectivity index (χ4v) is 3.34. The Morgan fingerprint density at radius 3 is 2.33 bits per heavy atom. The second-order valence-corrected chi connectivity index (χ2v) is 6.57. The molecule has 1 atom stereocenters. The van der Waals surface area contributed by atoms with Crippen molar-refractivity contribution in [2.45, 2.75) is 59.5 Å². The van der Waals surface area contributed by atoms with Gasteiger partial charge in [0.05, 0.1) is 5.54 Å². The Morgan fingerprint density at radius 2 is 1.81 bits per heavy atom. The number of nitrogens with zero attached hydrogens (tertiary/aromatic N) is 1. The lowest BCUT2D eigenvalue weighted by Crippen LogP contribution is -2.54. The molecule has 0 aliphatic carbocycles. The van der Waals surface area contributed by atoms with E-state index in [2.05, 4.69) is 57.7 Å². The minimum absolute atomic E-state index is 0.308. The van der Waals surface area contributed by atoms with E-state index in [4.69, 9.17) is 0 Å². The lowest BCUT2D eigenvalue weighted by Gasteiger charge is -2.46. The summed E-state index contributed by atoms with van der Waals surface area (Å²) in [6, 6.07) is 3.80. The van der Waals surface area contributed by atoms with Gasteiger partial charge in [-0.2, -0.15) is 0 Å². The molecule has 0 radical (unpaired) electrons. The summed E-state index contributed by atoms with van der Waals surface area (Å²) in [5.74, 6) is -0.761. The zero-order valence-corrected chi connectivity index (χ0v) is 13.8. The van der Waals surface area contributed by atoms with E-state index in [-0.39, 0.29) is 5.54 Å². The minimum atomic E-state index is -0.761. The third-order valence-electron chi connectivity index (χ3n) is 4.47. The normalized spacial score (nSPS) is 18.0. The maximum atomic E-state index is 11.7. The topological polar surface area (TPSA) is 40.5 Å². The zero-order valence-electron chi connectivity index (χ0n) is 13.8. The summed E-state index contributed by atoms with van der Waals surface area (Å²) >= 11 is 0. The molecule has 1 aromatic rings. The van der Waals surface area contributed by atoms with E-state index in [9.17, 15) is 9.90 Å². The molecule has 0 aromatic heterocycles. The van der Waals surface area contributed by atoms with Crippen molar-refractivity contribution in [3.63, 3.8) is 0 Å². The highest BCUT2D eigenvalue weighted by Gasteiger charge is 2.38. The molecule has 1 aliphatic rings. The Bertz CT molecular complexity index is 614. The Hall–Kier alpha value is -1.77. The highest BCUT2D eigenvalue weighted by molar-refractivity contribution is 5.87. The van der Waals surface area contributed by atoms with Crippen molar-refractivity contribution in [3.05, 3.63) is 34.9 Å². The summed E-state index contributed by atoms with van der Waals surface area (Å²) in [7, 11) is 0. The van der Waals surface area contributed by atoms with Crippen LogP contribution in [0.4, 0.5) is 5.69 Å². The summed E-state index contributed by atoms with van der Waals surface area (Å²) in [6.45, 7) is 12.4. The summed E-state index contributed by atoms with van der Waals surface area (Å²) in [6.07, 6.45) is 2.76. The molecule has 0 amide bonds. The Kier molecular flexibility index (Phi) is 3.87. The molecule has 0 fully saturated rings. The fraction of sp³-hybridized carbons (Fsp3) is 0.500. The van der Waals surface area contributed by atoms with Crippen LogP contribution in [0.5, 0.6) is 0 Å². The lowest BCUT2D eigenvalue weighted by atomic mass is 9.85. The Balaban J connectivity index is 2.71. The number of carboxylic acid groups (broad SMARTS) is 1. The number of fused-ring (bicyclic) bond motifs is 1. The molecule has 2 rings (SSSR count). The van der Waals surface area contributed by atoms with Crippen molar-refractivity contribution in [1.29, 1.82) is 0 Å². The molecule has 1 aromatic carbocycles. The van der Waals surface area contributed by atoms with Crippen LogP contribution in [0, 0.1) is 13.8 Å². The van der Waals surface area contributed by atoms with E-state index < -0.39 is 12.0 Å². The van der Waals surface area contributed by atoms with Gasteiger partial charge in [0.1, 0.15) is 6.04 Å². The van der Waals surface area contributed by atoms with E-state index >= 15 is 0 Å². The van der Waals surface area contributed by atoms with Gasteiger partial charge < -0.3 is 10.0 Å². The largest absolute Gasteiger partial charge is 0.480 e. The highest BCUT2D eigenvalue weighted by atomic mass is 16.4. The van der Waals surface area contributed by atoms with Crippen LogP contribution in [0.1, 0.15) is 50.8 Å². The van der Waals surface area contributed by atoms with Crippen LogP contribution >= 0.6 is 0 Å². The third-order valence-corrected chi connectivity index (χ3v) is 4.47. The summed E-state index contributed by atoms with van der Waals surface area (Å²) in [4.78, 5) is 13.8.